The van der Waals surface area contributed by atoms with Crippen molar-refractivity contribution in [2.24, 2.45) is 0 Å². The molecule has 3 rings (SSSR count). The summed E-state index contributed by atoms with van der Waals surface area (Å²) in [6, 6.07) is 16.6. The predicted molar refractivity (Wildman–Crippen MR) is 104 cm³/mol. The summed E-state index contributed by atoms with van der Waals surface area (Å²) in [6.07, 6.45) is 0. The first kappa shape index (κ1) is 19.0. The van der Waals surface area contributed by atoms with Gasteiger partial charge in [-0.25, -0.2) is 9.59 Å². The van der Waals surface area contributed by atoms with Crippen molar-refractivity contribution in [2.75, 3.05) is 14.2 Å². The number of hydrogen-bond donors (Lipinski definition) is 2. The Labute approximate surface area is 161 Å². The molecule has 2 N–H and O–H groups in total. The Morgan fingerprint density at radius 3 is 1.21 bits per heavy atom. The highest BCUT2D eigenvalue weighted by Gasteiger charge is 2.15. The van der Waals surface area contributed by atoms with E-state index >= 15 is 0 Å². The standard InChI is InChI=1S/C22H18O6/c1-27-19-11-18(14-5-9-16(10-6-14)22(25)26)20(28-2)12-17(19)13-3-7-15(8-4-13)21(23)24/h3-12H,1-2H3,(H,23,24)(H,25,26). The molecule has 6 heteroatoms. The molecule has 0 aliphatic rings. The minimum absolute atomic E-state index is 0.199. The number of benzene rings is 3. The van der Waals surface area contributed by atoms with E-state index in [1.54, 1.807) is 38.5 Å². The van der Waals surface area contributed by atoms with Gasteiger partial charge in [-0.2, -0.15) is 0 Å². The van der Waals surface area contributed by atoms with Crippen molar-refractivity contribution < 1.29 is 29.3 Å². The minimum Gasteiger partial charge on any atom is -0.496 e. The second-order valence-electron chi connectivity index (χ2n) is 6.02. The van der Waals surface area contributed by atoms with Gasteiger partial charge in [0.05, 0.1) is 25.3 Å². The average Bonchev–Trinajstić information content (AvgIpc) is 2.72. The van der Waals surface area contributed by atoms with E-state index in [1.165, 1.54) is 24.3 Å². The molecular formula is C22H18O6. The SMILES string of the molecule is COc1cc(-c2ccc(C(=O)O)cc2)c(OC)cc1-c1ccc(C(=O)O)cc1. The number of carboxylic acids is 2. The largest absolute Gasteiger partial charge is 0.496 e. The lowest BCUT2D eigenvalue weighted by Crippen LogP contribution is -1.97. The van der Waals surface area contributed by atoms with Crippen LogP contribution in [-0.4, -0.2) is 36.4 Å². The first-order valence-electron chi connectivity index (χ1n) is 8.38. The molecule has 3 aromatic rings. The van der Waals surface area contributed by atoms with Crippen LogP contribution in [-0.2, 0) is 0 Å². The average molecular weight is 378 g/mol. The molecule has 142 valence electrons. The number of rotatable bonds is 6. The summed E-state index contributed by atoms with van der Waals surface area (Å²) >= 11 is 0. The normalized spacial score (nSPS) is 10.4. The third-order valence-electron chi connectivity index (χ3n) is 4.41. The fourth-order valence-electron chi connectivity index (χ4n) is 2.93. The molecule has 0 aliphatic carbocycles. The van der Waals surface area contributed by atoms with Gasteiger partial charge in [-0.3, -0.25) is 0 Å². The van der Waals surface area contributed by atoms with Gasteiger partial charge in [0.25, 0.3) is 0 Å². The van der Waals surface area contributed by atoms with Crippen LogP contribution < -0.4 is 9.47 Å². The minimum atomic E-state index is -0.990. The Morgan fingerprint density at radius 2 is 0.964 bits per heavy atom. The lowest BCUT2D eigenvalue weighted by Gasteiger charge is -2.16. The first-order valence-corrected chi connectivity index (χ1v) is 8.38. The van der Waals surface area contributed by atoms with E-state index in [1.807, 2.05) is 12.1 Å². The summed E-state index contributed by atoms with van der Waals surface area (Å²) < 4.78 is 11.1. The van der Waals surface area contributed by atoms with Gasteiger partial charge < -0.3 is 19.7 Å². The van der Waals surface area contributed by atoms with Gasteiger partial charge in [-0.05, 0) is 47.5 Å². The molecule has 0 radical (unpaired) electrons. The zero-order valence-corrected chi connectivity index (χ0v) is 15.3. The van der Waals surface area contributed by atoms with E-state index < -0.39 is 11.9 Å². The number of ether oxygens (including phenoxy) is 2. The maximum Gasteiger partial charge on any atom is 0.335 e. The Hall–Kier alpha value is -3.80. The van der Waals surface area contributed by atoms with Crippen LogP contribution in [0.15, 0.2) is 60.7 Å². The van der Waals surface area contributed by atoms with Crippen molar-refractivity contribution >= 4 is 11.9 Å². The molecule has 0 atom stereocenters. The van der Waals surface area contributed by atoms with Crippen molar-refractivity contribution in [3.05, 3.63) is 71.8 Å². The first-order chi connectivity index (χ1) is 13.4. The van der Waals surface area contributed by atoms with E-state index in [2.05, 4.69) is 0 Å². The quantitative estimate of drug-likeness (QED) is 0.659. The Kier molecular flexibility index (Phi) is 5.31. The van der Waals surface area contributed by atoms with Gasteiger partial charge in [0, 0.05) is 11.1 Å². The highest BCUT2D eigenvalue weighted by Crippen LogP contribution is 2.40. The van der Waals surface area contributed by atoms with Crippen LogP contribution in [0.4, 0.5) is 0 Å². The van der Waals surface area contributed by atoms with Crippen LogP contribution in [0.1, 0.15) is 20.7 Å². The van der Waals surface area contributed by atoms with Crippen LogP contribution in [0, 0.1) is 0 Å². The van der Waals surface area contributed by atoms with Gasteiger partial charge in [-0.15, -0.1) is 0 Å². The molecule has 0 fully saturated rings. The summed E-state index contributed by atoms with van der Waals surface area (Å²) in [5.41, 5.74) is 3.47. The molecule has 0 heterocycles. The molecule has 0 bridgehead atoms. The van der Waals surface area contributed by atoms with E-state index in [9.17, 15) is 9.59 Å². The van der Waals surface area contributed by atoms with E-state index in [4.69, 9.17) is 19.7 Å². The zero-order valence-electron chi connectivity index (χ0n) is 15.3. The molecule has 0 aliphatic heterocycles. The molecule has 0 unspecified atom stereocenters. The topological polar surface area (TPSA) is 93.1 Å². The van der Waals surface area contributed by atoms with Gasteiger partial charge >= 0.3 is 11.9 Å². The second kappa shape index (κ2) is 7.84. The number of aromatic carboxylic acids is 2. The molecule has 0 aromatic heterocycles. The zero-order chi connectivity index (χ0) is 20.3. The Morgan fingerprint density at radius 1 is 0.643 bits per heavy atom. The van der Waals surface area contributed by atoms with Crippen LogP contribution in [0.5, 0.6) is 11.5 Å². The molecule has 3 aromatic carbocycles. The van der Waals surface area contributed by atoms with Crippen molar-refractivity contribution in [1.82, 2.24) is 0 Å². The van der Waals surface area contributed by atoms with Crippen LogP contribution in [0.3, 0.4) is 0 Å². The molecule has 0 saturated heterocycles. The fraction of sp³-hybridized carbons (Fsp3) is 0.0909. The number of hydrogen-bond acceptors (Lipinski definition) is 4. The number of carboxylic acid groups (broad SMARTS) is 2. The molecule has 6 nitrogen and oxygen atoms in total. The van der Waals surface area contributed by atoms with Gasteiger partial charge in [0.2, 0.25) is 0 Å². The smallest absolute Gasteiger partial charge is 0.335 e. The molecule has 0 spiro atoms. The molecule has 0 amide bonds. The van der Waals surface area contributed by atoms with Crippen molar-refractivity contribution in [2.45, 2.75) is 0 Å². The van der Waals surface area contributed by atoms with E-state index in [0.29, 0.717) is 11.5 Å². The maximum absolute atomic E-state index is 11.1. The van der Waals surface area contributed by atoms with Crippen molar-refractivity contribution in [1.29, 1.82) is 0 Å². The van der Waals surface area contributed by atoms with Gasteiger partial charge in [-0.1, -0.05) is 24.3 Å². The molecular weight excluding hydrogens is 360 g/mol. The summed E-state index contributed by atoms with van der Waals surface area (Å²) in [4.78, 5) is 22.1. The lowest BCUT2D eigenvalue weighted by molar-refractivity contribution is 0.0686. The highest BCUT2D eigenvalue weighted by atomic mass is 16.5. The predicted octanol–water partition coefficient (Wildman–Crippen LogP) is 4.43. The second-order valence-corrected chi connectivity index (χ2v) is 6.02. The van der Waals surface area contributed by atoms with Crippen LogP contribution >= 0.6 is 0 Å². The highest BCUT2D eigenvalue weighted by molar-refractivity contribution is 5.90. The summed E-state index contributed by atoms with van der Waals surface area (Å²) in [5, 5.41) is 18.1. The number of methoxy groups -OCH3 is 2. The Bertz CT molecular complexity index is 935. The van der Waals surface area contributed by atoms with E-state index in [-0.39, 0.29) is 11.1 Å². The van der Waals surface area contributed by atoms with Crippen LogP contribution in [0.2, 0.25) is 0 Å². The Balaban J connectivity index is 2.09. The lowest BCUT2D eigenvalue weighted by atomic mass is 9.96. The van der Waals surface area contributed by atoms with Crippen molar-refractivity contribution in [3.63, 3.8) is 0 Å². The summed E-state index contributed by atoms with van der Waals surface area (Å²) in [7, 11) is 3.10. The van der Waals surface area contributed by atoms with E-state index in [0.717, 1.165) is 22.3 Å². The molecule has 0 saturated carbocycles. The maximum atomic E-state index is 11.1. The van der Waals surface area contributed by atoms with Crippen LogP contribution in [0.25, 0.3) is 22.3 Å². The number of carbonyl (C=O) groups is 2. The van der Waals surface area contributed by atoms with Gasteiger partial charge in [0.15, 0.2) is 0 Å². The monoisotopic (exact) mass is 378 g/mol. The molecule has 28 heavy (non-hydrogen) atoms. The third kappa shape index (κ3) is 3.66. The fourth-order valence-corrected chi connectivity index (χ4v) is 2.93. The summed E-state index contributed by atoms with van der Waals surface area (Å²) in [6.45, 7) is 0. The third-order valence-corrected chi connectivity index (χ3v) is 4.41. The summed E-state index contributed by atoms with van der Waals surface area (Å²) in [5.74, 6) is -0.810. The van der Waals surface area contributed by atoms with Crippen molar-refractivity contribution in [3.8, 4) is 33.8 Å². The van der Waals surface area contributed by atoms with Gasteiger partial charge in [0.1, 0.15) is 11.5 Å².